The van der Waals surface area contributed by atoms with E-state index in [-0.39, 0.29) is 11.5 Å². The lowest BCUT2D eigenvalue weighted by Gasteiger charge is -2.58. The van der Waals surface area contributed by atoms with Gasteiger partial charge in [0, 0.05) is 25.2 Å². The molecule has 0 aromatic carbocycles. The van der Waals surface area contributed by atoms with Crippen LogP contribution in [0.25, 0.3) is 0 Å². The van der Waals surface area contributed by atoms with Crippen LogP contribution in [0.15, 0.2) is 6.33 Å². The van der Waals surface area contributed by atoms with Crippen LogP contribution in [0.5, 0.6) is 0 Å². The molecule has 6 aliphatic rings. The molecule has 7 rings (SSSR count). The number of aromatic nitrogens is 2. The molecule has 4 bridgehead atoms. The van der Waals surface area contributed by atoms with E-state index in [1.165, 1.54) is 38.5 Å². The minimum atomic E-state index is -0.537. The average Bonchev–Trinajstić information content (AvgIpc) is 3.26. The molecule has 3 N–H and O–H groups in total. The zero-order chi connectivity index (χ0) is 21.1. The van der Waals surface area contributed by atoms with Gasteiger partial charge in [-0.3, -0.25) is 15.0 Å². The van der Waals surface area contributed by atoms with Crippen LogP contribution < -0.4 is 10.6 Å². The van der Waals surface area contributed by atoms with Crippen LogP contribution in [-0.2, 0) is 17.8 Å². The zero-order valence-electron chi connectivity index (χ0n) is 18.4. The molecule has 5 fully saturated rings. The Balaban J connectivity index is 1.15. The van der Waals surface area contributed by atoms with Gasteiger partial charge in [0.25, 0.3) is 0 Å². The van der Waals surface area contributed by atoms with Crippen molar-refractivity contribution < 1.29 is 9.90 Å². The maximum atomic E-state index is 11.9. The average molecular weight is 426 g/mol. The molecular formula is C24H35N5O2. The van der Waals surface area contributed by atoms with Gasteiger partial charge in [-0.1, -0.05) is 0 Å². The Bertz CT molecular complexity index is 817. The highest BCUT2D eigenvalue weighted by Gasteiger charge is 2.53. The quantitative estimate of drug-likeness (QED) is 0.602. The third-order valence-electron chi connectivity index (χ3n) is 9.19. The van der Waals surface area contributed by atoms with E-state index in [1.807, 2.05) is 0 Å². The molecule has 1 aromatic rings. The molecule has 0 spiro atoms. The molecule has 4 saturated carbocycles. The van der Waals surface area contributed by atoms with Gasteiger partial charge in [0.1, 0.15) is 17.8 Å². The highest BCUT2D eigenvalue weighted by molar-refractivity contribution is 5.64. The summed E-state index contributed by atoms with van der Waals surface area (Å²) in [6.45, 7) is 2.94. The van der Waals surface area contributed by atoms with E-state index in [9.17, 15) is 9.90 Å². The lowest BCUT2D eigenvalue weighted by molar-refractivity contribution is -0.120. The predicted octanol–water partition coefficient (Wildman–Crippen LogP) is 2.10. The summed E-state index contributed by atoms with van der Waals surface area (Å²) >= 11 is 0. The van der Waals surface area contributed by atoms with Crippen molar-refractivity contribution in [3.8, 4) is 0 Å². The molecule has 0 unspecified atom stereocenters. The normalized spacial score (nSPS) is 40.0. The van der Waals surface area contributed by atoms with E-state index in [2.05, 4.69) is 25.5 Å². The first-order valence-corrected chi connectivity index (χ1v) is 12.3. The number of nitrogens with zero attached hydrogens (tertiary/aromatic N) is 3. The number of aldehydes is 1. The molecule has 4 aliphatic carbocycles. The molecule has 31 heavy (non-hydrogen) atoms. The molecule has 1 aromatic heterocycles. The fourth-order valence-corrected chi connectivity index (χ4v) is 8.04. The van der Waals surface area contributed by atoms with Crippen LogP contribution in [-0.4, -0.2) is 57.7 Å². The van der Waals surface area contributed by atoms with E-state index in [0.717, 1.165) is 73.5 Å². The van der Waals surface area contributed by atoms with Crippen molar-refractivity contribution in [3.05, 3.63) is 17.6 Å². The third-order valence-corrected chi connectivity index (χ3v) is 9.19. The number of fused-ring (bicyclic) bond motifs is 1. The van der Waals surface area contributed by atoms with Crippen LogP contribution in [0, 0.1) is 23.2 Å². The van der Waals surface area contributed by atoms with Gasteiger partial charge < -0.3 is 10.4 Å². The maximum absolute atomic E-state index is 11.9. The Morgan fingerprint density at radius 2 is 1.97 bits per heavy atom. The molecule has 3 heterocycles. The van der Waals surface area contributed by atoms with Gasteiger partial charge in [-0.15, -0.1) is 0 Å². The van der Waals surface area contributed by atoms with E-state index in [4.69, 9.17) is 0 Å². The second-order valence-corrected chi connectivity index (χ2v) is 11.1. The van der Waals surface area contributed by atoms with Crippen molar-refractivity contribution in [2.75, 3.05) is 25.0 Å². The fourth-order valence-electron chi connectivity index (χ4n) is 8.04. The molecule has 7 heteroatoms. The first-order valence-electron chi connectivity index (χ1n) is 12.3. The molecule has 0 amide bonds. The van der Waals surface area contributed by atoms with Crippen molar-refractivity contribution in [3.63, 3.8) is 0 Å². The summed E-state index contributed by atoms with van der Waals surface area (Å²) in [6.07, 6.45) is 12.9. The molecule has 2 aliphatic heterocycles. The monoisotopic (exact) mass is 425 g/mol. The summed E-state index contributed by atoms with van der Waals surface area (Å²) in [4.78, 5) is 23.2. The van der Waals surface area contributed by atoms with Crippen molar-refractivity contribution >= 4 is 12.1 Å². The topological polar surface area (TPSA) is 90.4 Å². The summed E-state index contributed by atoms with van der Waals surface area (Å²) in [5, 5.41) is 18.2. The number of aliphatic hydroxyl groups is 1. The number of anilines is 1. The van der Waals surface area contributed by atoms with Gasteiger partial charge in [-0.05, 0) is 87.5 Å². The Morgan fingerprint density at radius 3 is 2.61 bits per heavy atom. The molecular weight excluding hydrogens is 390 g/mol. The molecule has 1 saturated heterocycles. The van der Waals surface area contributed by atoms with Gasteiger partial charge in [0.2, 0.25) is 0 Å². The Morgan fingerprint density at radius 1 is 1.23 bits per heavy atom. The van der Waals surface area contributed by atoms with Gasteiger partial charge in [-0.2, -0.15) is 0 Å². The fraction of sp³-hybridized carbons (Fsp3) is 0.792. The number of aliphatic hydroxyl groups excluding tert-OH is 1. The van der Waals surface area contributed by atoms with Gasteiger partial charge >= 0.3 is 0 Å². The maximum Gasteiger partial charge on any atom is 0.154 e. The lowest BCUT2D eigenvalue weighted by atomic mass is 9.48. The van der Waals surface area contributed by atoms with Crippen molar-refractivity contribution in [2.45, 2.75) is 76.1 Å². The highest BCUT2D eigenvalue weighted by atomic mass is 16.3. The molecule has 2 atom stereocenters. The molecule has 0 radical (unpaired) electrons. The van der Waals surface area contributed by atoms with Crippen LogP contribution in [0.3, 0.4) is 0 Å². The van der Waals surface area contributed by atoms with Crippen LogP contribution >= 0.6 is 0 Å². The molecule has 168 valence electrons. The Kier molecular flexibility index (Phi) is 4.85. The van der Waals surface area contributed by atoms with E-state index in [1.54, 1.807) is 6.33 Å². The zero-order valence-corrected chi connectivity index (χ0v) is 18.4. The summed E-state index contributed by atoms with van der Waals surface area (Å²) in [5.74, 6) is 3.39. The number of carbonyl (C=O) groups is 1. The third kappa shape index (κ3) is 3.31. The van der Waals surface area contributed by atoms with Crippen molar-refractivity contribution in [2.24, 2.45) is 23.2 Å². The summed E-state index contributed by atoms with van der Waals surface area (Å²) in [7, 11) is 0. The van der Waals surface area contributed by atoms with E-state index < -0.39 is 5.66 Å². The predicted molar refractivity (Wildman–Crippen MR) is 117 cm³/mol. The highest BCUT2D eigenvalue weighted by Crippen LogP contribution is 2.61. The van der Waals surface area contributed by atoms with Gasteiger partial charge in [-0.25, -0.2) is 9.97 Å². The number of carbonyl (C=O) groups excluding carboxylic acids is 1. The standard InChI is InChI=1S/C24H35N5O2/c30-14-24(3-1-4-28-24)29-5-2-19-20(13-29)26-15-27-22(19)25-12-21(31)23-9-16-6-17(10-23)8-18(7-16)11-23/h14-18,21,28,31H,1-13H2,(H,25,26,27)/t16?,17?,18?,21-,23?,24-/m1/s1. The number of nitrogens with one attached hydrogen (secondary N) is 2. The first kappa shape index (κ1) is 20.1. The Labute approximate surface area is 184 Å². The summed E-state index contributed by atoms with van der Waals surface area (Å²) < 4.78 is 0. The van der Waals surface area contributed by atoms with Crippen molar-refractivity contribution in [1.82, 2.24) is 20.2 Å². The second kappa shape index (κ2) is 7.49. The largest absolute Gasteiger partial charge is 0.391 e. The SMILES string of the molecule is O=C[C@]1(N2CCc3c(ncnc3NC[C@@H](O)C34CC5CC(CC(C5)C3)C4)C2)CCCN1. The summed E-state index contributed by atoms with van der Waals surface area (Å²) in [6, 6.07) is 0. The van der Waals surface area contributed by atoms with Crippen molar-refractivity contribution in [1.29, 1.82) is 0 Å². The van der Waals surface area contributed by atoms with Crippen LogP contribution in [0.2, 0.25) is 0 Å². The number of hydrogen-bond acceptors (Lipinski definition) is 7. The van der Waals surface area contributed by atoms with Gasteiger partial charge in [0.05, 0.1) is 11.8 Å². The second-order valence-electron chi connectivity index (χ2n) is 11.1. The minimum absolute atomic E-state index is 0.121. The van der Waals surface area contributed by atoms with Crippen LogP contribution in [0.1, 0.15) is 62.6 Å². The number of hydrogen-bond donors (Lipinski definition) is 3. The van der Waals surface area contributed by atoms with E-state index in [0.29, 0.717) is 13.1 Å². The van der Waals surface area contributed by atoms with Crippen LogP contribution in [0.4, 0.5) is 5.82 Å². The minimum Gasteiger partial charge on any atom is -0.391 e. The Hall–Kier alpha value is -1.57. The number of rotatable bonds is 6. The summed E-state index contributed by atoms with van der Waals surface area (Å²) in [5.41, 5.74) is 1.74. The first-order chi connectivity index (χ1) is 15.1. The lowest BCUT2D eigenvalue weighted by Crippen LogP contribution is -2.58. The molecule has 7 nitrogen and oxygen atoms in total. The van der Waals surface area contributed by atoms with Gasteiger partial charge in [0.15, 0.2) is 6.29 Å². The smallest absolute Gasteiger partial charge is 0.154 e. The van der Waals surface area contributed by atoms with E-state index >= 15 is 0 Å².